The molecular weight excluding hydrogens is 271 g/mol. The number of rotatable bonds is 2. The normalized spacial score (nSPS) is 21.3. The van der Waals surface area contributed by atoms with Crippen molar-refractivity contribution in [2.45, 2.75) is 31.9 Å². The van der Waals surface area contributed by atoms with Gasteiger partial charge in [-0.05, 0) is 38.0 Å². The molecule has 1 amide bonds. The smallest absolute Gasteiger partial charge is 0.252 e. The van der Waals surface area contributed by atoms with E-state index in [1.165, 1.54) is 18.2 Å². The van der Waals surface area contributed by atoms with E-state index < -0.39 is 5.82 Å². The number of nitrogens with one attached hydrogen (secondary N) is 1. The molecule has 1 saturated heterocycles. The Labute approximate surface area is 123 Å². The lowest BCUT2D eigenvalue weighted by Crippen LogP contribution is -2.41. The molecule has 112 valence electrons. The van der Waals surface area contributed by atoms with Crippen LogP contribution in [0.3, 0.4) is 0 Å². The molecule has 0 bridgehead atoms. The van der Waals surface area contributed by atoms with Crippen LogP contribution in [0.15, 0.2) is 18.2 Å². The molecule has 0 aliphatic carbocycles. The Hall–Kier alpha value is -1.90. The molecule has 1 aliphatic rings. The molecule has 1 aromatic rings. The molecule has 2 rings (SSSR count). The quantitative estimate of drug-likeness (QED) is 0.810. The Morgan fingerprint density at radius 3 is 3.10 bits per heavy atom. The average Bonchev–Trinajstić information content (AvgIpc) is 2.46. The van der Waals surface area contributed by atoms with Gasteiger partial charge in [0.05, 0.1) is 18.2 Å². The highest BCUT2D eigenvalue weighted by atomic mass is 19.1. The second-order valence-corrected chi connectivity index (χ2v) is 5.07. The number of hydrogen-bond acceptors (Lipinski definition) is 3. The Bertz CT molecular complexity index is 577. The van der Waals surface area contributed by atoms with E-state index in [4.69, 9.17) is 10.5 Å². The van der Waals surface area contributed by atoms with E-state index in [1.54, 1.807) is 0 Å². The molecule has 3 N–H and O–H groups in total. The first-order valence-electron chi connectivity index (χ1n) is 7.01. The van der Waals surface area contributed by atoms with Crippen LogP contribution in [0.4, 0.5) is 4.39 Å². The summed E-state index contributed by atoms with van der Waals surface area (Å²) in [6.07, 6.45) is 1.63. The molecule has 0 radical (unpaired) electrons. The lowest BCUT2D eigenvalue weighted by Gasteiger charge is -2.28. The van der Waals surface area contributed by atoms with Crippen LogP contribution in [0.5, 0.6) is 0 Å². The van der Waals surface area contributed by atoms with Gasteiger partial charge >= 0.3 is 0 Å². The van der Waals surface area contributed by atoms with Gasteiger partial charge in [-0.1, -0.05) is 11.8 Å². The predicted octanol–water partition coefficient (Wildman–Crippen LogP) is 1.43. The number of amides is 1. The molecular formula is C16H19FN2O2. The van der Waals surface area contributed by atoms with Crippen molar-refractivity contribution in [1.29, 1.82) is 0 Å². The maximum Gasteiger partial charge on any atom is 0.252 e. The van der Waals surface area contributed by atoms with Crippen molar-refractivity contribution in [3.63, 3.8) is 0 Å². The zero-order valence-corrected chi connectivity index (χ0v) is 12.0. The van der Waals surface area contributed by atoms with Gasteiger partial charge in [-0.2, -0.15) is 0 Å². The summed E-state index contributed by atoms with van der Waals surface area (Å²) in [6.45, 7) is 2.78. The van der Waals surface area contributed by atoms with Gasteiger partial charge in [0.2, 0.25) is 0 Å². The summed E-state index contributed by atoms with van der Waals surface area (Å²) < 4.78 is 18.8. The van der Waals surface area contributed by atoms with E-state index in [0.29, 0.717) is 12.2 Å². The van der Waals surface area contributed by atoms with Crippen molar-refractivity contribution in [3.05, 3.63) is 35.1 Å². The predicted molar refractivity (Wildman–Crippen MR) is 78.2 cm³/mol. The first-order valence-corrected chi connectivity index (χ1v) is 7.01. The van der Waals surface area contributed by atoms with Gasteiger partial charge in [0.15, 0.2) is 0 Å². The van der Waals surface area contributed by atoms with Crippen LogP contribution in [-0.2, 0) is 4.74 Å². The monoisotopic (exact) mass is 290 g/mol. The lowest BCUT2D eigenvalue weighted by molar-refractivity contribution is 0.0136. The highest BCUT2D eigenvalue weighted by Crippen LogP contribution is 2.15. The number of halogens is 1. The van der Waals surface area contributed by atoms with E-state index >= 15 is 0 Å². The van der Waals surface area contributed by atoms with Crippen LogP contribution in [0, 0.1) is 17.7 Å². The van der Waals surface area contributed by atoms with Gasteiger partial charge in [-0.25, -0.2) is 4.39 Å². The number of carbonyl (C=O) groups excluding carboxylic acids is 1. The summed E-state index contributed by atoms with van der Waals surface area (Å²) in [5.74, 6) is 4.72. The maximum atomic E-state index is 13.4. The average molecular weight is 290 g/mol. The zero-order chi connectivity index (χ0) is 15.2. The highest BCUT2D eigenvalue weighted by molar-refractivity contribution is 5.97. The molecule has 4 nitrogen and oxygen atoms in total. The third-order valence-corrected chi connectivity index (χ3v) is 3.37. The van der Waals surface area contributed by atoms with Gasteiger partial charge in [0.25, 0.3) is 5.91 Å². The standard InChI is InChI=1S/C16H19FN2O2/c1-11-9-14(6-8-21-11)19-16(20)15-10-13(17)5-4-12(15)3-2-7-18/h4-5,10-11,14H,6-9,18H2,1H3,(H,19,20). The van der Waals surface area contributed by atoms with E-state index in [1.807, 2.05) is 6.92 Å². The summed E-state index contributed by atoms with van der Waals surface area (Å²) in [5.41, 5.74) is 6.07. The van der Waals surface area contributed by atoms with Crippen molar-refractivity contribution in [2.24, 2.45) is 5.73 Å². The zero-order valence-electron chi connectivity index (χ0n) is 12.0. The summed E-state index contributed by atoms with van der Waals surface area (Å²) in [7, 11) is 0. The van der Waals surface area contributed by atoms with E-state index in [-0.39, 0.29) is 30.2 Å². The fourth-order valence-corrected chi connectivity index (χ4v) is 2.35. The summed E-state index contributed by atoms with van der Waals surface area (Å²) in [4.78, 5) is 12.3. The number of benzene rings is 1. The molecule has 0 saturated carbocycles. The Balaban J connectivity index is 2.15. The SMILES string of the molecule is CC1CC(NC(=O)c2cc(F)ccc2C#CCN)CCO1. The van der Waals surface area contributed by atoms with Gasteiger partial charge in [0, 0.05) is 18.2 Å². The topological polar surface area (TPSA) is 64.4 Å². The summed E-state index contributed by atoms with van der Waals surface area (Å²) >= 11 is 0. The molecule has 0 aromatic heterocycles. The van der Waals surface area contributed by atoms with Crippen molar-refractivity contribution < 1.29 is 13.9 Å². The summed E-state index contributed by atoms with van der Waals surface area (Å²) in [6, 6.07) is 4.03. The van der Waals surface area contributed by atoms with Gasteiger partial charge in [0.1, 0.15) is 5.82 Å². The second-order valence-electron chi connectivity index (χ2n) is 5.07. The minimum Gasteiger partial charge on any atom is -0.378 e. The second kappa shape index (κ2) is 7.21. The number of hydrogen-bond donors (Lipinski definition) is 2. The Kier molecular flexibility index (Phi) is 5.32. The van der Waals surface area contributed by atoms with Crippen LogP contribution in [0.1, 0.15) is 35.7 Å². The number of nitrogens with two attached hydrogens (primary N) is 1. The third-order valence-electron chi connectivity index (χ3n) is 3.37. The van der Waals surface area contributed by atoms with E-state index in [0.717, 1.165) is 12.8 Å². The molecule has 2 unspecified atom stereocenters. The van der Waals surface area contributed by atoms with Crippen LogP contribution in [-0.4, -0.2) is 31.2 Å². The molecule has 0 spiro atoms. The highest BCUT2D eigenvalue weighted by Gasteiger charge is 2.22. The first-order chi connectivity index (χ1) is 10.1. The van der Waals surface area contributed by atoms with Crippen molar-refractivity contribution in [3.8, 4) is 11.8 Å². The Morgan fingerprint density at radius 2 is 2.38 bits per heavy atom. The molecule has 1 heterocycles. The minimum absolute atomic E-state index is 0.0415. The largest absolute Gasteiger partial charge is 0.378 e. The molecule has 1 aromatic carbocycles. The van der Waals surface area contributed by atoms with Crippen molar-refractivity contribution >= 4 is 5.91 Å². The maximum absolute atomic E-state index is 13.4. The van der Waals surface area contributed by atoms with Crippen molar-refractivity contribution in [1.82, 2.24) is 5.32 Å². The van der Waals surface area contributed by atoms with Gasteiger partial charge in [-0.15, -0.1) is 0 Å². The summed E-state index contributed by atoms with van der Waals surface area (Å²) in [5, 5.41) is 2.92. The third kappa shape index (κ3) is 4.28. The minimum atomic E-state index is -0.459. The molecule has 2 atom stereocenters. The fraction of sp³-hybridized carbons (Fsp3) is 0.438. The molecule has 1 aliphatic heterocycles. The number of carbonyl (C=O) groups is 1. The molecule has 1 fully saturated rings. The number of ether oxygens (including phenoxy) is 1. The fourth-order valence-electron chi connectivity index (χ4n) is 2.35. The van der Waals surface area contributed by atoms with Crippen LogP contribution < -0.4 is 11.1 Å². The van der Waals surface area contributed by atoms with Gasteiger partial charge in [-0.3, -0.25) is 4.79 Å². The van der Waals surface area contributed by atoms with Crippen LogP contribution in [0.25, 0.3) is 0 Å². The van der Waals surface area contributed by atoms with E-state index in [2.05, 4.69) is 17.2 Å². The van der Waals surface area contributed by atoms with Crippen LogP contribution >= 0.6 is 0 Å². The first kappa shape index (κ1) is 15.5. The lowest BCUT2D eigenvalue weighted by atomic mass is 10.0. The van der Waals surface area contributed by atoms with Crippen molar-refractivity contribution in [2.75, 3.05) is 13.2 Å². The van der Waals surface area contributed by atoms with Gasteiger partial charge < -0.3 is 15.8 Å². The van der Waals surface area contributed by atoms with Crippen LogP contribution in [0.2, 0.25) is 0 Å². The van der Waals surface area contributed by atoms with E-state index in [9.17, 15) is 9.18 Å². The Morgan fingerprint density at radius 1 is 1.57 bits per heavy atom. The molecule has 5 heteroatoms. The molecule has 21 heavy (non-hydrogen) atoms.